The van der Waals surface area contributed by atoms with E-state index in [1.807, 2.05) is 36.4 Å². The number of hydrazone groups is 1. The Kier molecular flexibility index (Phi) is 6.23. The summed E-state index contributed by atoms with van der Waals surface area (Å²) in [5.41, 5.74) is 5.24. The third-order valence-electron chi connectivity index (χ3n) is 4.12. The molecule has 3 rings (SSSR count). The molecule has 0 saturated carbocycles. The van der Waals surface area contributed by atoms with Gasteiger partial charge in [-0.25, -0.2) is 5.43 Å². The molecule has 3 aromatic rings. The largest absolute Gasteiger partial charge is 0.507 e. The van der Waals surface area contributed by atoms with Crippen LogP contribution in [0.1, 0.15) is 27.9 Å². The van der Waals surface area contributed by atoms with Gasteiger partial charge in [0, 0.05) is 5.56 Å². The maximum Gasteiger partial charge on any atom is 0.272 e. The third-order valence-corrected chi connectivity index (χ3v) is 4.45. The molecule has 0 aliphatic carbocycles. The number of benzene rings is 3. The first-order chi connectivity index (χ1) is 13.1. The standard InChI is InChI=1S/C22H19ClN2O2/c23-19-12-6-4-10-17(19)22(27)25-24-20(18-11-5-7-13-21(18)26)15-14-16-8-2-1-3-9-16/h1-13,26H,14-15H2,(H,25,27). The Bertz CT molecular complexity index is 955. The highest BCUT2D eigenvalue weighted by Crippen LogP contribution is 2.20. The Morgan fingerprint density at radius 2 is 1.52 bits per heavy atom. The lowest BCUT2D eigenvalue weighted by atomic mass is 10.0. The molecule has 0 heterocycles. The van der Waals surface area contributed by atoms with Gasteiger partial charge in [-0.2, -0.15) is 5.10 Å². The molecule has 0 saturated heterocycles. The van der Waals surface area contributed by atoms with Gasteiger partial charge in [0.05, 0.1) is 16.3 Å². The van der Waals surface area contributed by atoms with E-state index in [1.165, 1.54) is 0 Å². The first-order valence-corrected chi connectivity index (χ1v) is 8.96. The molecular weight excluding hydrogens is 360 g/mol. The molecule has 0 radical (unpaired) electrons. The minimum Gasteiger partial charge on any atom is -0.507 e. The predicted molar refractivity (Wildman–Crippen MR) is 108 cm³/mol. The van der Waals surface area contributed by atoms with Crippen LogP contribution >= 0.6 is 11.6 Å². The molecule has 1 amide bonds. The number of nitrogens with zero attached hydrogens (tertiary/aromatic N) is 1. The maximum absolute atomic E-state index is 12.4. The van der Waals surface area contributed by atoms with Gasteiger partial charge in [0.15, 0.2) is 0 Å². The van der Waals surface area contributed by atoms with Crippen LogP contribution in [0, 0.1) is 0 Å². The molecule has 2 N–H and O–H groups in total. The SMILES string of the molecule is O=C(NN=C(CCc1ccccc1)c1ccccc1O)c1ccccc1Cl. The van der Waals surface area contributed by atoms with Gasteiger partial charge in [0.25, 0.3) is 5.91 Å². The molecule has 0 aliphatic rings. The highest BCUT2D eigenvalue weighted by atomic mass is 35.5. The van der Waals surface area contributed by atoms with Crippen molar-refractivity contribution in [3.05, 3.63) is 101 Å². The summed E-state index contributed by atoms with van der Waals surface area (Å²) in [6, 6.07) is 23.7. The summed E-state index contributed by atoms with van der Waals surface area (Å²) in [6.07, 6.45) is 1.29. The van der Waals surface area contributed by atoms with E-state index in [4.69, 9.17) is 11.6 Å². The van der Waals surface area contributed by atoms with Crippen molar-refractivity contribution >= 4 is 23.2 Å². The number of phenols is 1. The van der Waals surface area contributed by atoms with Crippen molar-refractivity contribution in [3.63, 3.8) is 0 Å². The van der Waals surface area contributed by atoms with Gasteiger partial charge in [0.2, 0.25) is 0 Å². The van der Waals surface area contributed by atoms with Crippen molar-refractivity contribution in [1.82, 2.24) is 5.43 Å². The highest BCUT2D eigenvalue weighted by molar-refractivity contribution is 6.33. The molecule has 0 bridgehead atoms. The van der Waals surface area contributed by atoms with Crippen LogP contribution < -0.4 is 5.43 Å². The second-order valence-electron chi connectivity index (χ2n) is 5.98. The van der Waals surface area contributed by atoms with E-state index in [-0.39, 0.29) is 5.75 Å². The van der Waals surface area contributed by atoms with Crippen molar-refractivity contribution in [2.24, 2.45) is 5.10 Å². The average Bonchev–Trinajstić information content (AvgIpc) is 2.70. The second kappa shape index (κ2) is 9.01. The quantitative estimate of drug-likeness (QED) is 0.477. The van der Waals surface area contributed by atoms with Crippen LogP contribution in [0.2, 0.25) is 5.02 Å². The monoisotopic (exact) mass is 378 g/mol. The lowest BCUT2D eigenvalue weighted by Crippen LogP contribution is -2.21. The lowest BCUT2D eigenvalue weighted by Gasteiger charge is -2.10. The topological polar surface area (TPSA) is 61.7 Å². The zero-order valence-corrected chi connectivity index (χ0v) is 15.4. The number of para-hydroxylation sites is 1. The summed E-state index contributed by atoms with van der Waals surface area (Å²) in [7, 11) is 0. The number of aromatic hydroxyl groups is 1. The number of aryl methyl sites for hydroxylation is 1. The van der Waals surface area contributed by atoms with Gasteiger partial charge in [0.1, 0.15) is 5.75 Å². The molecule has 0 unspecified atom stereocenters. The van der Waals surface area contributed by atoms with Gasteiger partial charge in [-0.1, -0.05) is 66.2 Å². The van der Waals surface area contributed by atoms with Gasteiger partial charge >= 0.3 is 0 Å². The fourth-order valence-electron chi connectivity index (χ4n) is 2.70. The van der Waals surface area contributed by atoms with Crippen LogP contribution in [0.5, 0.6) is 5.75 Å². The summed E-state index contributed by atoms with van der Waals surface area (Å²) >= 11 is 6.07. The van der Waals surface area contributed by atoms with Gasteiger partial charge in [-0.15, -0.1) is 0 Å². The van der Waals surface area contributed by atoms with E-state index in [9.17, 15) is 9.90 Å². The fourth-order valence-corrected chi connectivity index (χ4v) is 2.92. The third kappa shape index (κ3) is 4.96. The number of hydrogen-bond donors (Lipinski definition) is 2. The smallest absolute Gasteiger partial charge is 0.272 e. The van der Waals surface area contributed by atoms with Crippen LogP contribution in [0.25, 0.3) is 0 Å². The van der Waals surface area contributed by atoms with Crippen molar-refractivity contribution in [2.45, 2.75) is 12.8 Å². The lowest BCUT2D eigenvalue weighted by molar-refractivity contribution is 0.0955. The first-order valence-electron chi connectivity index (χ1n) is 8.59. The van der Waals surface area contributed by atoms with E-state index in [1.54, 1.807) is 42.5 Å². The van der Waals surface area contributed by atoms with E-state index >= 15 is 0 Å². The number of rotatable bonds is 6. The Labute approximate surface area is 163 Å². The Balaban J connectivity index is 1.83. The number of carbonyl (C=O) groups is 1. The molecule has 27 heavy (non-hydrogen) atoms. The molecule has 3 aromatic carbocycles. The van der Waals surface area contributed by atoms with E-state index in [0.29, 0.717) is 28.3 Å². The first kappa shape index (κ1) is 18.7. The molecule has 0 spiro atoms. The number of hydrogen-bond acceptors (Lipinski definition) is 3. The molecule has 136 valence electrons. The van der Waals surface area contributed by atoms with E-state index in [0.717, 1.165) is 12.0 Å². The predicted octanol–water partition coefficient (Wildman–Crippen LogP) is 4.81. The molecule has 4 nitrogen and oxygen atoms in total. The van der Waals surface area contributed by atoms with Crippen LogP contribution in [0.4, 0.5) is 0 Å². The average molecular weight is 379 g/mol. The van der Waals surface area contributed by atoms with Gasteiger partial charge in [-0.3, -0.25) is 4.79 Å². The van der Waals surface area contributed by atoms with Crippen LogP contribution in [-0.2, 0) is 6.42 Å². The number of amides is 1. The summed E-state index contributed by atoms with van der Waals surface area (Å²) in [4.78, 5) is 12.4. The Morgan fingerprint density at radius 3 is 2.22 bits per heavy atom. The zero-order valence-electron chi connectivity index (χ0n) is 14.6. The minimum atomic E-state index is -0.395. The van der Waals surface area contributed by atoms with E-state index < -0.39 is 5.91 Å². The fraction of sp³-hybridized carbons (Fsp3) is 0.0909. The van der Waals surface area contributed by atoms with Gasteiger partial charge < -0.3 is 5.11 Å². The molecule has 0 fully saturated rings. The molecule has 5 heteroatoms. The zero-order chi connectivity index (χ0) is 19.1. The summed E-state index contributed by atoms with van der Waals surface area (Å²) in [6.45, 7) is 0. The second-order valence-corrected chi connectivity index (χ2v) is 6.39. The number of nitrogens with one attached hydrogen (secondary N) is 1. The van der Waals surface area contributed by atoms with Crippen molar-refractivity contribution in [3.8, 4) is 5.75 Å². The number of phenolic OH excluding ortho intramolecular Hbond substituents is 1. The van der Waals surface area contributed by atoms with Crippen LogP contribution in [0.3, 0.4) is 0 Å². The summed E-state index contributed by atoms with van der Waals surface area (Å²) in [5.74, 6) is -0.274. The molecular formula is C22H19ClN2O2. The maximum atomic E-state index is 12.4. The Hall–Kier alpha value is -3.11. The molecule has 0 atom stereocenters. The molecule has 0 aromatic heterocycles. The Morgan fingerprint density at radius 1 is 0.889 bits per heavy atom. The van der Waals surface area contributed by atoms with Crippen LogP contribution in [-0.4, -0.2) is 16.7 Å². The summed E-state index contributed by atoms with van der Waals surface area (Å²) < 4.78 is 0. The van der Waals surface area contributed by atoms with Gasteiger partial charge in [-0.05, 0) is 42.7 Å². The minimum absolute atomic E-state index is 0.122. The molecule has 0 aliphatic heterocycles. The highest BCUT2D eigenvalue weighted by Gasteiger charge is 2.12. The summed E-state index contributed by atoms with van der Waals surface area (Å²) in [5, 5.41) is 14.8. The normalized spacial score (nSPS) is 11.2. The van der Waals surface area contributed by atoms with E-state index in [2.05, 4.69) is 10.5 Å². The number of halogens is 1. The van der Waals surface area contributed by atoms with Crippen molar-refractivity contribution < 1.29 is 9.90 Å². The van der Waals surface area contributed by atoms with Crippen LogP contribution in [0.15, 0.2) is 84.0 Å². The van der Waals surface area contributed by atoms with Crippen molar-refractivity contribution in [1.29, 1.82) is 0 Å². The number of carbonyl (C=O) groups excluding carboxylic acids is 1. The van der Waals surface area contributed by atoms with Crippen molar-refractivity contribution in [2.75, 3.05) is 0 Å².